The minimum Gasteiger partial charge on any atom is -0.364 e. The molecule has 0 atom stereocenters. The first kappa shape index (κ1) is 18.7. The fourth-order valence-corrected chi connectivity index (χ4v) is 3.02. The molecule has 1 amide bonds. The Hall–Kier alpha value is -3.62. The Morgan fingerprint density at radius 1 is 1.10 bits per heavy atom. The summed E-state index contributed by atoms with van der Waals surface area (Å²) in [6.45, 7) is 0.115. The summed E-state index contributed by atoms with van der Waals surface area (Å²) in [5.41, 5.74) is 1.49. The highest BCUT2D eigenvalue weighted by molar-refractivity contribution is 5.92. The molecule has 4 rings (SSSR count). The van der Waals surface area contributed by atoms with Crippen LogP contribution in [0.2, 0.25) is 0 Å². The molecule has 1 N–H and O–H groups in total. The van der Waals surface area contributed by atoms with Crippen LogP contribution in [0, 0.1) is 0 Å². The van der Waals surface area contributed by atoms with E-state index in [1.165, 1.54) is 12.3 Å². The van der Waals surface area contributed by atoms with Gasteiger partial charge in [0, 0.05) is 6.07 Å². The number of para-hydroxylation sites is 2. The zero-order valence-corrected chi connectivity index (χ0v) is 15.0. The van der Waals surface area contributed by atoms with Crippen LogP contribution in [-0.4, -0.2) is 20.6 Å². The number of amides is 1. The Labute approximate surface area is 162 Å². The summed E-state index contributed by atoms with van der Waals surface area (Å²) < 4.78 is 45.5. The summed E-state index contributed by atoms with van der Waals surface area (Å²) in [6.07, 6.45) is -3.07. The van der Waals surface area contributed by atoms with E-state index in [1.54, 1.807) is 41.0 Å². The van der Waals surface area contributed by atoms with Gasteiger partial charge in [0.1, 0.15) is 6.26 Å². The molecule has 0 aliphatic heterocycles. The lowest BCUT2D eigenvalue weighted by molar-refractivity contribution is -0.137. The minimum absolute atomic E-state index is 0.0107. The topological polar surface area (TPSA) is 73.0 Å². The average Bonchev–Trinajstić information content (AvgIpc) is 3.30. The van der Waals surface area contributed by atoms with E-state index in [0.717, 1.165) is 12.1 Å². The van der Waals surface area contributed by atoms with E-state index in [1.807, 2.05) is 0 Å². The molecule has 148 valence electrons. The maximum Gasteiger partial charge on any atom is 0.416 e. The van der Waals surface area contributed by atoms with Crippen molar-refractivity contribution in [2.24, 2.45) is 0 Å². The monoisotopic (exact) mass is 400 g/mol. The van der Waals surface area contributed by atoms with Gasteiger partial charge in [-0.05, 0) is 29.8 Å². The van der Waals surface area contributed by atoms with E-state index in [-0.39, 0.29) is 24.8 Å². The molecule has 4 aromatic rings. The Bertz CT molecular complexity index is 1150. The Balaban J connectivity index is 1.66. The second-order valence-corrected chi connectivity index (χ2v) is 6.42. The van der Waals surface area contributed by atoms with E-state index in [0.29, 0.717) is 22.3 Å². The van der Waals surface area contributed by atoms with Gasteiger partial charge in [-0.25, -0.2) is 4.98 Å². The number of rotatable bonds is 5. The van der Waals surface area contributed by atoms with Gasteiger partial charge in [0.05, 0.1) is 35.3 Å². The molecule has 0 saturated heterocycles. The van der Waals surface area contributed by atoms with E-state index in [2.05, 4.69) is 15.5 Å². The molecule has 2 aromatic heterocycles. The van der Waals surface area contributed by atoms with E-state index >= 15 is 0 Å². The lowest BCUT2D eigenvalue weighted by Gasteiger charge is -2.12. The number of anilines is 1. The second-order valence-electron chi connectivity index (χ2n) is 6.42. The average molecular weight is 400 g/mol. The number of nitrogens with one attached hydrogen (secondary N) is 1. The predicted molar refractivity (Wildman–Crippen MR) is 99.1 cm³/mol. The van der Waals surface area contributed by atoms with Crippen molar-refractivity contribution in [2.45, 2.75) is 19.1 Å². The normalized spacial score (nSPS) is 11.7. The van der Waals surface area contributed by atoms with Gasteiger partial charge >= 0.3 is 6.18 Å². The number of nitrogens with zero attached hydrogens (tertiary/aromatic N) is 3. The highest BCUT2D eigenvalue weighted by Gasteiger charge is 2.30. The third kappa shape index (κ3) is 4.13. The number of carbonyl (C=O) groups excluding carboxylic acids is 1. The van der Waals surface area contributed by atoms with Crippen molar-refractivity contribution in [2.75, 3.05) is 5.32 Å². The fraction of sp³-hybridized carbons (Fsp3) is 0.150. The standard InChI is InChI=1S/C20H15F3N4O2/c21-20(22,23)14-5-3-4-13(10-14)12-27-17-7-2-1-6-16(17)24-19(27)25-18(28)11-15-8-9-29-26-15/h1-10H,11-12H2,(H,24,25,28). The quantitative estimate of drug-likeness (QED) is 0.543. The van der Waals surface area contributed by atoms with E-state index in [9.17, 15) is 18.0 Å². The van der Waals surface area contributed by atoms with Gasteiger partial charge in [-0.15, -0.1) is 0 Å². The molecule has 9 heteroatoms. The van der Waals surface area contributed by atoms with Crippen LogP contribution in [0.15, 0.2) is 65.4 Å². The molecule has 29 heavy (non-hydrogen) atoms. The first-order valence-corrected chi connectivity index (χ1v) is 8.70. The molecule has 0 spiro atoms. The van der Waals surface area contributed by atoms with Crippen molar-refractivity contribution < 1.29 is 22.5 Å². The molecule has 0 aliphatic rings. The smallest absolute Gasteiger partial charge is 0.364 e. The van der Waals surface area contributed by atoms with Crippen molar-refractivity contribution in [3.63, 3.8) is 0 Å². The molecule has 0 radical (unpaired) electrons. The van der Waals surface area contributed by atoms with Crippen molar-refractivity contribution in [3.8, 4) is 0 Å². The number of fused-ring (bicyclic) bond motifs is 1. The molecule has 0 saturated carbocycles. The molecule has 2 heterocycles. The summed E-state index contributed by atoms with van der Waals surface area (Å²) in [6, 6.07) is 13.8. The zero-order valence-electron chi connectivity index (χ0n) is 15.0. The van der Waals surface area contributed by atoms with Gasteiger partial charge in [0.15, 0.2) is 0 Å². The molecule has 0 fully saturated rings. The largest absolute Gasteiger partial charge is 0.416 e. The molecular formula is C20H15F3N4O2. The van der Waals surface area contributed by atoms with E-state index < -0.39 is 11.7 Å². The number of hydrogen-bond donors (Lipinski definition) is 1. The summed E-state index contributed by atoms with van der Waals surface area (Å²) in [5.74, 6) is -0.114. The maximum atomic E-state index is 13.0. The summed E-state index contributed by atoms with van der Waals surface area (Å²) in [7, 11) is 0. The van der Waals surface area contributed by atoms with Gasteiger partial charge in [0.2, 0.25) is 11.9 Å². The maximum absolute atomic E-state index is 13.0. The minimum atomic E-state index is -4.43. The van der Waals surface area contributed by atoms with E-state index in [4.69, 9.17) is 4.52 Å². The van der Waals surface area contributed by atoms with Gasteiger partial charge in [0.25, 0.3) is 0 Å². The fourth-order valence-electron chi connectivity index (χ4n) is 3.02. The Kier molecular flexibility index (Phi) is 4.79. The van der Waals surface area contributed by atoms with Crippen LogP contribution in [0.4, 0.5) is 19.1 Å². The van der Waals surface area contributed by atoms with Gasteiger partial charge < -0.3 is 9.09 Å². The third-order valence-electron chi connectivity index (χ3n) is 4.33. The summed E-state index contributed by atoms with van der Waals surface area (Å²) >= 11 is 0. The van der Waals surface area contributed by atoms with Crippen molar-refractivity contribution >= 4 is 22.9 Å². The summed E-state index contributed by atoms with van der Waals surface area (Å²) in [5, 5.41) is 6.41. The molecule has 0 unspecified atom stereocenters. The summed E-state index contributed by atoms with van der Waals surface area (Å²) in [4.78, 5) is 16.8. The lowest BCUT2D eigenvalue weighted by Crippen LogP contribution is -2.18. The van der Waals surface area contributed by atoms with Gasteiger partial charge in [-0.1, -0.05) is 29.4 Å². The molecule has 2 aromatic carbocycles. The lowest BCUT2D eigenvalue weighted by atomic mass is 10.1. The number of halogens is 3. The number of benzene rings is 2. The first-order valence-electron chi connectivity index (χ1n) is 8.70. The first-order chi connectivity index (χ1) is 13.9. The van der Waals surface area contributed by atoms with Crippen LogP contribution < -0.4 is 5.32 Å². The van der Waals surface area contributed by atoms with Gasteiger partial charge in [-0.3, -0.25) is 10.1 Å². The van der Waals surface area contributed by atoms with Crippen molar-refractivity contribution in [1.82, 2.24) is 14.7 Å². The molecule has 6 nitrogen and oxygen atoms in total. The Morgan fingerprint density at radius 3 is 2.69 bits per heavy atom. The Morgan fingerprint density at radius 2 is 1.93 bits per heavy atom. The highest BCUT2D eigenvalue weighted by atomic mass is 19.4. The third-order valence-corrected chi connectivity index (χ3v) is 4.33. The highest BCUT2D eigenvalue weighted by Crippen LogP contribution is 2.30. The SMILES string of the molecule is O=C(Cc1ccon1)Nc1nc2ccccc2n1Cc1cccc(C(F)(F)F)c1. The number of hydrogen-bond acceptors (Lipinski definition) is 4. The number of carbonyl (C=O) groups is 1. The zero-order chi connectivity index (χ0) is 20.4. The van der Waals surface area contributed by atoms with Crippen molar-refractivity contribution in [3.05, 3.63) is 77.7 Å². The number of imidazole rings is 1. The van der Waals surface area contributed by atoms with Crippen LogP contribution >= 0.6 is 0 Å². The number of aromatic nitrogens is 3. The van der Waals surface area contributed by atoms with Crippen LogP contribution in [0.1, 0.15) is 16.8 Å². The van der Waals surface area contributed by atoms with Crippen LogP contribution in [0.25, 0.3) is 11.0 Å². The van der Waals surface area contributed by atoms with Crippen molar-refractivity contribution in [1.29, 1.82) is 0 Å². The second kappa shape index (κ2) is 7.42. The van der Waals surface area contributed by atoms with Crippen LogP contribution in [0.5, 0.6) is 0 Å². The van der Waals surface area contributed by atoms with Crippen LogP contribution in [-0.2, 0) is 23.9 Å². The molecule has 0 bridgehead atoms. The van der Waals surface area contributed by atoms with Gasteiger partial charge in [-0.2, -0.15) is 13.2 Å². The van der Waals surface area contributed by atoms with Crippen LogP contribution in [0.3, 0.4) is 0 Å². The number of alkyl halides is 3. The molecular weight excluding hydrogens is 385 g/mol. The predicted octanol–water partition coefficient (Wildman–Crippen LogP) is 4.27. The molecule has 0 aliphatic carbocycles.